The molecule has 1 nitrogen and oxygen atoms in total. The molecule has 0 aromatic carbocycles. The van der Waals surface area contributed by atoms with E-state index in [-0.39, 0.29) is 0 Å². The molecule has 1 aliphatic heterocycles. The minimum absolute atomic E-state index is 0.497. The van der Waals surface area contributed by atoms with Crippen molar-refractivity contribution >= 4 is 0 Å². The summed E-state index contributed by atoms with van der Waals surface area (Å²) >= 11 is 0. The third kappa shape index (κ3) is 2.50. The van der Waals surface area contributed by atoms with Crippen LogP contribution in [0.1, 0.15) is 48.0 Å². The molecule has 1 atom stereocenters. The fraction of sp³-hybridized carbons (Fsp3) is 1.00. The quantitative estimate of drug-likeness (QED) is 0.656. The second kappa shape index (κ2) is 4.22. The molecule has 1 saturated heterocycles. The lowest BCUT2D eigenvalue weighted by molar-refractivity contribution is 0.0147. The van der Waals surface area contributed by atoms with Crippen LogP contribution in [0.15, 0.2) is 0 Å². The van der Waals surface area contributed by atoms with E-state index in [2.05, 4.69) is 46.4 Å². The standard InChI is InChI=1S/C13H27N/c1-10(2)12-7-8-14(11(3)4)9-13(12,5)6/h10-12H,7-9H2,1-6H3/t12-/m0/s1. The minimum Gasteiger partial charge on any atom is -0.300 e. The van der Waals surface area contributed by atoms with E-state index in [1.807, 2.05) is 0 Å². The van der Waals surface area contributed by atoms with Gasteiger partial charge in [0.15, 0.2) is 0 Å². The minimum atomic E-state index is 0.497. The molecule has 0 aromatic rings. The van der Waals surface area contributed by atoms with Crippen LogP contribution in [0.5, 0.6) is 0 Å². The van der Waals surface area contributed by atoms with Gasteiger partial charge >= 0.3 is 0 Å². The molecule has 0 saturated carbocycles. The zero-order chi connectivity index (χ0) is 10.9. The lowest BCUT2D eigenvalue weighted by Crippen LogP contribution is -2.49. The van der Waals surface area contributed by atoms with Gasteiger partial charge in [-0.3, -0.25) is 0 Å². The third-order valence-electron chi connectivity index (χ3n) is 3.88. The summed E-state index contributed by atoms with van der Waals surface area (Å²) in [4.78, 5) is 2.62. The van der Waals surface area contributed by atoms with Crippen molar-refractivity contribution in [2.24, 2.45) is 17.3 Å². The van der Waals surface area contributed by atoms with E-state index in [1.54, 1.807) is 0 Å². The van der Waals surface area contributed by atoms with Crippen LogP contribution in [0, 0.1) is 17.3 Å². The van der Waals surface area contributed by atoms with Crippen LogP contribution in [0.4, 0.5) is 0 Å². The Kier molecular flexibility index (Phi) is 3.63. The number of piperidine rings is 1. The lowest BCUT2D eigenvalue weighted by atomic mass is 9.68. The smallest absolute Gasteiger partial charge is 0.00388 e. The van der Waals surface area contributed by atoms with Gasteiger partial charge in [-0.25, -0.2) is 0 Å². The average Bonchev–Trinajstić information content (AvgIpc) is 2.01. The molecule has 0 bridgehead atoms. The molecule has 1 fully saturated rings. The largest absolute Gasteiger partial charge is 0.300 e. The Morgan fingerprint density at radius 2 is 1.71 bits per heavy atom. The van der Waals surface area contributed by atoms with E-state index in [1.165, 1.54) is 19.5 Å². The summed E-state index contributed by atoms with van der Waals surface area (Å²) in [6.45, 7) is 16.8. The summed E-state index contributed by atoms with van der Waals surface area (Å²) in [6, 6.07) is 0.711. The molecule has 1 heterocycles. The average molecular weight is 197 g/mol. The van der Waals surface area contributed by atoms with Gasteiger partial charge in [0.05, 0.1) is 0 Å². The molecule has 1 heteroatoms. The van der Waals surface area contributed by atoms with Gasteiger partial charge < -0.3 is 4.90 Å². The first-order valence-corrected chi connectivity index (χ1v) is 6.08. The number of likely N-dealkylation sites (tertiary alicyclic amines) is 1. The fourth-order valence-corrected chi connectivity index (χ4v) is 3.09. The lowest BCUT2D eigenvalue weighted by Gasteiger charge is -2.47. The normalized spacial score (nSPS) is 28.7. The third-order valence-corrected chi connectivity index (χ3v) is 3.88. The molecule has 0 spiro atoms. The fourth-order valence-electron chi connectivity index (χ4n) is 3.09. The van der Waals surface area contributed by atoms with Crippen LogP contribution >= 0.6 is 0 Å². The zero-order valence-corrected chi connectivity index (χ0v) is 10.8. The molecule has 14 heavy (non-hydrogen) atoms. The van der Waals surface area contributed by atoms with E-state index in [0.29, 0.717) is 11.5 Å². The molecule has 1 aliphatic rings. The van der Waals surface area contributed by atoms with Crippen LogP contribution in [0.3, 0.4) is 0 Å². The van der Waals surface area contributed by atoms with Gasteiger partial charge in [-0.2, -0.15) is 0 Å². The molecular weight excluding hydrogens is 170 g/mol. The van der Waals surface area contributed by atoms with E-state index >= 15 is 0 Å². The van der Waals surface area contributed by atoms with Gasteiger partial charge in [0.25, 0.3) is 0 Å². The summed E-state index contributed by atoms with van der Waals surface area (Å²) < 4.78 is 0. The van der Waals surface area contributed by atoms with Crippen molar-refractivity contribution < 1.29 is 0 Å². The Bertz CT molecular complexity index is 182. The maximum absolute atomic E-state index is 2.62. The van der Waals surface area contributed by atoms with E-state index in [4.69, 9.17) is 0 Å². The highest BCUT2D eigenvalue weighted by molar-refractivity contribution is 4.89. The summed E-state index contributed by atoms with van der Waals surface area (Å²) in [5, 5.41) is 0. The highest BCUT2D eigenvalue weighted by atomic mass is 15.2. The Hall–Kier alpha value is -0.0400. The second-order valence-corrected chi connectivity index (χ2v) is 6.19. The molecule has 84 valence electrons. The molecule has 0 amide bonds. The number of rotatable bonds is 2. The topological polar surface area (TPSA) is 3.24 Å². The number of hydrogen-bond donors (Lipinski definition) is 0. The molecule has 0 radical (unpaired) electrons. The van der Waals surface area contributed by atoms with Crippen molar-refractivity contribution in [3.63, 3.8) is 0 Å². The first kappa shape index (κ1) is 12.0. The van der Waals surface area contributed by atoms with Crippen molar-refractivity contribution in [1.82, 2.24) is 4.90 Å². The number of nitrogens with zero attached hydrogens (tertiary/aromatic N) is 1. The van der Waals surface area contributed by atoms with Gasteiger partial charge in [0.2, 0.25) is 0 Å². The van der Waals surface area contributed by atoms with Gasteiger partial charge in [-0.1, -0.05) is 27.7 Å². The van der Waals surface area contributed by atoms with Gasteiger partial charge in [0, 0.05) is 12.6 Å². The molecule has 0 aliphatic carbocycles. The van der Waals surface area contributed by atoms with Crippen molar-refractivity contribution in [1.29, 1.82) is 0 Å². The molecule has 1 rings (SSSR count). The predicted octanol–water partition coefficient (Wildman–Crippen LogP) is 3.40. The van der Waals surface area contributed by atoms with Crippen molar-refractivity contribution in [3.05, 3.63) is 0 Å². The second-order valence-electron chi connectivity index (χ2n) is 6.19. The van der Waals surface area contributed by atoms with Crippen molar-refractivity contribution in [3.8, 4) is 0 Å². The Labute approximate surface area is 89.9 Å². The van der Waals surface area contributed by atoms with Crippen LogP contribution < -0.4 is 0 Å². The Morgan fingerprint density at radius 1 is 1.14 bits per heavy atom. The van der Waals surface area contributed by atoms with E-state index < -0.39 is 0 Å². The van der Waals surface area contributed by atoms with E-state index in [9.17, 15) is 0 Å². The van der Waals surface area contributed by atoms with Crippen molar-refractivity contribution in [2.45, 2.75) is 54.0 Å². The molecule has 0 N–H and O–H groups in total. The first-order chi connectivity index (χ1) is 6.34. The zero-order valence-electron chi connectivity index (χ0n) is 10.8. The highest BCUT2D eigenvalue weighted by Gasteiger charge is 2.37. The summed E-state index contributed by atoms with van der Waals surface area (Å²) in [6.07, 6.45) is 1.38. The van der Waals surface area contributed by atoms with Crippen LogP contribution in [0.25, 0.3) is 0 Å². The number of hydrogen-bond acceptors (Lipinski definition) is 1. The molecule has 0 unspecified atom stereocenters. The highest BCUT2D eigenvalue weighted by Crippen LogP contribution is 2.39. The van der Waals surface area contributed by atoms with Crippen LogP contribution in [-0.4, -0.2) is 24.0 Å². The summed E-state index contributed by atoms with van der Waals surface area (Å²) in [5.41, 5.74) is 0.497. The monoisotopic (exact) mass is 197 g/mol. The van der Waals surface area contributed by atoms with E-state index in [0.717, 1.165) is 11.8 Å². The van der Waals surface area contributed by atoms with Crippen LogP contribution in [-0.2, 0) is 0 Å². The molecule has 0 aromatic heterocycles. The van der Waals surface area contributed by atoms with Gasteiger partial charge in [-0.15, -0.1) is 0 Å². The van der Waals surface area contributed by atoms with Gasteiger partial charge in [0.1, 0.15) is 0 Å². The maximum Gasteiger partial charge on any atom is 0.00388 e. The molecular formula is C13H27N. The van der Waals surface area contributed by atoms with Gasteiger partial charge in [-0.05, 0) is 44.1 Å². The Balaban J connectivity index is 2.65. The summed E-state index contributed by atoms with van der Waals surface area (Å²) in [7, 11) is 0. The maximum atomic E-state index is 2.62. The Morgan fingerprint density at radius 3 is 2.07 bits per heavy atom. The predicted molar refractivity (Wildman–Crippen MR) is 63.4 cm³/mol. The SMILES string of the molecule is CC(C)[C@@H]1CCN(C(C)C)CC1(C)C. The van der Waals surface area contributed by atoms with Crippen molar-refractivity contribution in [2.75, 3.05) is 13.1 Å². The summed E-state index contributed by atoms with van der Waals surface area (Å²) in [5.74, 6) is 1.73. The first-order valence-electron chi connectivity index (χ1n) is 6.08. The van der Waals surface area contributed by atoms with Crippen LogP contribution in [0.2, 0.25) is 0 Å².